The first-order valence-electron chi connectivity index (χ1n) is 3.83. The topological polar surface area (TPSA) is 17.1 Å². The van der Waals surface area contributed by atoms with Gasteiger partial charge in [0.2, 0.25) is 0 Å². The number of allylic oxidation sites excluding steroid dienone is 6. The van der Waals surface area contributed by atoms with Crippen molar-refractivity contribution < 1.29 is 4.79 Å². The summed E-state index contributed by atoms with van der Waals surface area (Å²) in [7, 11) is 0. The van der Waals surface area contributed by atoms with Crippen molar-refractivity contribution in [2.75, 3.05) is 0 Å². The number of carbonyl (C=O) groups excluding carboxylic acids is 1. The minimum atomic E-state index is 0.770. The normalized spacial score (nSPS) is 12.1. The SMILES string of the molecule is CCC=CCC=C/C=C/C=O. The van der Waals surface area contributed by atoms with Gasteiger partial charge in [0, 0.05) is 0 Å². The lowest BCUT2D eigenvalue weighted by atomic mass is 10.3. The molecule has 0 atom stereocenters. The van der Waals surface area contributed by atoms with Gasteiger partial charge in [0.15, 0.2) is 0 Å². The monoisotopic (exact) mass is 150 g/mol. The van der Waals surface area contributed by atoms with Gasteiger partial charge in [-0.15, -0.1) is 0 Å². The fourth-order valence-electron chi connectivity index (χ4n) is 0.608. The minimum absolute atomic E-state index is 0.770. The third-order valence-electron chi connectivity index (χ3n) is 1.11. The zero-order valence-electron chi connectivity index (χ0n) is 6.86. The zero-order chi connectivity index (χ0) is 8.36. The van der Waals surface area contributed by atoms with Gasteiger partial charge in [0.05, 0.1) is 0 Å². The molecule has 0 bridgehead atoms. The second-order valence-electron chi connectivity index (χ2n) is 2.06. The molecule has 0 spiro atoms. The van der Waals surface area contributed by atoms with Gasteiger partial charge < -0.3 is 0 Å². The third kappa shape index (κ3) is 8.89. The Morgan fingerprint density at radius 2 is 1.82 bits per heavy atom. The molecule has 0 fully saturated rings. The quantitative estimate of drug-likeness (QED) is 0.255. The second kappa shape index (κ2) is 8.89. The highest BCUT2D eigenvalue weighted by Crippen LogP contribution is 1.88. The van der Waals surface area contributed by atoms with Gasteiger partial charge in [0.25, 0.3) is 0 Å². The molecule has 0 aromatic rings. The molecule has 0 amide bonds. The van der Waals surface area contributed by atoms with Gasteiger partial charge in [-0.1, -0.05) is 37.3 Å². The first-order chi connectivity index (χ1) is 5.41. The van der Waals surface area contributed by atoms with Crippen LogP contribution in [0.3, 0.4) is 0 Å². The van der Waals surface area contributed by atoms with E-state index in [9.17, 15) is 4.79 Å². The molecule has 0 aromatic carbocycles. The van der Waals surface area contributed by atoms with Gasteiger partial charge >= 0.3 is 0 Å². The number of hydrogen-bond acceptors (Lipinski definition) is 1. The van der Waals surface area contributed by atoms with Crippen molar-refractivity contribution in [3.63, 3.8) is 0 Å². The molecule has 0 radical (unpaired) electrons. The maximum absolute atomic E-state index is 9.81. The Morgan fingerprint density at radius 3 is 2.45 bits per heavy atom. The Kier molecular flexibility index (Phi) is 7.99. The standard InChI is InChI=1S/C10H14O/c1-2-3-4-5-6-7-8-9-10-11/h3-4,6-10H,2,5H2,1H3/b4-3?,7-6?,9-8+. The lowest BCUT2D eigenvalue weighted by molar-refractivity contribution is -0.104. The van der Waals surface area contributed by atoms with Crippen molar-refractivity contribution in [2.45, 2.75) is 19.8 Å². The molecule has 0 unspecified atom stereocenters. The van der Waals surface area contributed by atoms with Crippen molar-refractivity contribution in [3.05, 3.63) is 36.5 Å². The summed E-state index contributed by atoms with van der Waals surface area (Å²) in [6.45, 7) is 2.10. The van der Waals surface area contributed by atoms with Crippen LogP contribution in [0.2, 0.25) is 0 Å². The molecule has 60 valence electrons. The average Bonchev–Trinajstić information content (AvgIpc) is 2.03. The summed E-state index contributed by atoms with van der Waals surface area (Å²) < 4.78 is 0. The highest BCUT2D eigenvalue weighted by molar-refractivity contribution is 5.65. The summed E-state index contributed by atoms with van der Waals surface area (Å²) in [5.41, 5.74) is 0. The molecular weight excluding hydrogens is 136 g/mol. The maximum atomic E-state index is 9.81. The van der Waals surface area contributed by atoms with E-state index in [1.54, 1.807) is 6.08 Å². The number of rotatable bonds is 5. The number of aldehydes is 1. The average molecular weight is 150 g/mol. The molecule has 11 heavy (non-hydrogen) atoms. The molecule has 1 nitrogen and oxygen atoms in total. The molecule has 1 heteroatoms. The Morgan fingerprint density at radius 1 is 1.00 bits per heavy atom. The van der Waals surface area contributed by atoms with Crippen molar-refractivity contribution in [2.24, 2.45) is 0 Å². The summed E-state index contributed by atoms with van der Waals surface area (Å²) in [5, 5.41) is 0. The van der Waals surface area contributed by atoms with E-state index in [4.69, 9.17) is 0 Å². The lowest BCUT2D eigenvalue weighted by Crippen LogP contribution is -1.59. The van der Waals surface area contributed by atoms with Gasteiger partial charge in [-0.2, -0.15) is 0 Å². The largest absolute Gasteiger partial charge is 0.299 e. The zero-order valence-corrected chi connectivity index (χ0v) is 6.86. The summed E-state index contributed by atoms with van der Waals surface area (Å²) in [4.78, 5) is 9.81. The van der Waals surface area contributed by atoms with Crippen LogP contribution in [0.4, 0.5) is 0 Å². The van der Waals surface area contributed by atoms with Crippen LogP contribution in [0.25, 0.3) is 0 Å². The van der Waals surface area contributed by atoms with Crippen LogP contribution in [0.15, 0.2) is 36.5 Å². The highest BCUT2D eigenvalue weighted by atomic mass is 16.1. The lowest BCUT2D eigenvalue weighted by Gasteiger charge is -1.78. The first-order valence-corrected chi connectivity index (χ1v) is 3.83. The van der Waals surface area contributed by atoms with Gasteiger partial charge in [0.1, 0.15) is 6.29 Å². The summed E-state index contributed by atoms with van der Waals surface area (Å²) in [5.74, 6) is 0. The molecule has 0 saturated carbocycles. The molecule has 0 aromatic heterocycles. The molecule has 0 rings (SSSR count). The smallest absolute Gasteiger partial charge is 0.142 e. The fraction of sp³-hybridized carbons (Fsp3) is 0.300. The van der Waals surface area contributed by atoms with Gasteiger partial charge in [-0.05, 0) is 18.9 Å². The second-order valence-corrected chi connectivity index (χ2v) is 2.06. The van der Waals surface area contributed by atoms with E-state index in [1.807, 2.05) is 12.2 Å². The molecule has 0 aliphatic heterocycles. The predicted octanol–water partition coefficient (Wildman–Crippen LogP) is 2.65. The van der Waals surface area contributed by atoms with E-state index in [-0.39, 0.29) is 0 Å². The Hall–Kier alpha value is -1.11. The molecule has 0 aliphatic rings. The van der Waals surface area contributed by atoms with Crippen molar-refractivity contribution >= 4 is 6.29 Å². The number of carbonyl (C=O) groups is 1. The van der Waals surface area contributed by atoms with Crippen LogP contribution in [-0.4, -0.2) is 6.29 Å². The van der Waals surface area contributed by atoms with Crippen molar-refractivity contribution in [1.29, 1.82) is 0 Å². The van der Waals surface area contributed by atoms with Gasteiger partial charge in [-0.3, -0.25) is 4.79 Å². The summed E-state index contributed by atoms with van der Waals surface area (Å²) in [6, 6.07) is 0. The maximum Gasteiger partial charge on any atom is 0.142 e. The van der Waals surface area contributed by atoms with Crippen molar-refractivity contribution in [1.82, 2.24) is 0 Å². The minimum Gasteiger partial charge on any atom is -0.299 e. The molecular formula is C10H14O. The van der Waals surface area contributed by atoms with Crippen molar-refractivity contribution in [3.8, 4) is 0 Å². The molecule has 0 aliphatic carbocycles. The predicted molar refractivity (Wildman–Crippen MR) is 48.4 cm³/mol. The fourth-order valence-corrected chi connectivity index (χ4v) is 0.608. The Bertz CT molecular complexity index is 164. The van der Waals surface area contributed by atoms with E-state index >= 15 is 0 Å². The van der Waals surface area contributed by atoms with E-state index in [1.165, 1.54) is 6.08 Å². The van der Waals surface area contributed by atoms with E-state index in [0.29, 0.717) is 0 Å². The summed E-state index contributed by atoms with van der Waals surface area (Å²) >= 11 is 0. The van der Waals surface area contributed by atoms with Crippen LogP contribution in [0.1, 0.15) is 19.8 Å². The van der Waals surface area contributed by atoms with Crippen LogP contribution < -0.4 is 0 Å². The summed E-state index contributed by atoms with van der Waals surface area (Å²) in [6.07, 6.45) is 14.1. The third-order valence-corrected chi connectivity index (χ3v) is 1.11. The van der Waals surface area contributed by atoms with Gasteiger partial charge in [-0.25, -0.2) is 0 Å². The van der Waals surface area contributed by atoms with E-state index in [2.05, 4.69) is 19.1 Å². The van der Waals surface area contributed by atoms with Crippen LogP contribution in [-0.2, 0) is 4.79 Å². The highest BCUT2D eigenvalue weighted by Gasteiger charge is 1.68. The van der Waals surface area contributed by atoms with Crippen LogP contribution in [0, 0.1) is 0 Å². The number of hydrogen-bond donors (Lipinski definition) is 0. The Labute approximate surface area is 68.1 Å². The van der Waals surface area contributed by atoms with Crippen LogP contribution >= 0.6 is 0 Å². The molecule has 0 N–H and O–H groups in total. The van der Waals surface area contributed by atoms with E-state index < -0.39 is 0 Å². The molecule has 0 heterocycles. The van der Waals surface area contributed by atoms with E-state index in [0.717, 1.165) is 19.1 Å². The first kappa shape index (κ1) is 9.89. The molecule has 0 saturated heterocycles. The Balaban J connectivity index is 3.36. The van der Waals surface area contributed by atoms with Crippen LogP contribution in [0.5, 0.6) is 0 Å².